The van der Waals surface area contributed by atoms with Gasteiger partial charge in [0, 0.05) is 5.56 Å². The SMILES string of the molecule is COc1ccc(C2=N/C(=C\c3cccc(C#N)c3)C(=O)O2)cc1OC. The number of benzene rings is 2. The van der Waals surface area contributed by atoms with Crippen molar-refractivity contribution in [3.63, 3.8) is 0 Å². The van der Waals surface area contributed by atoms with Crippen molar-refractivity contribution in [3.05, 3.63) is 64.9 Å². The maximum absolute atomic E-state index is 12.1. The van der Waals surface area contributed by atoms with E-state index >= 15 is 0 Å². The Balaban J connectivity index is 1.95. The van der Waals surface area contributed by atoms with Crippen molar-refractivity contribution in [3.8, 4) is 17.6 Å². The number of nitriles is 1. The highest BCUT2D eigenvalue weighted by Crippen LogP contribution is 2.29. The molecule has 0 aromatic heterocycles. The van der Waals surface area contributed by atoms with E-state index in [-0.39, 0.29) is 11.6 Å². The maximum atomic E-state index is 12.1. The fourth-order valence-electron chi connectivity index (χ4n) is 2.36. The molecule has 2 aromatic rings. The number of nitrogens with zero attached hydrogens (tertiary/aromatic N) is 2. The predicted molar refractivity (Wildman–Crippen MR) is 91.3 cm³/mol. The minimum absolute atomic E-state index is 0.167. The van der Waals surface area contributed by atoms with Gasteiger partial charge in [-0.1, -0.05) is 12.1 Å². The number of ether oxygens (including phenoxy) is 3. The number of carbonyl (C=O) groups excluding carboxylic acids is 1. The van der Waals surface area contributed by atoms with E-state index in [1.165, 1.54) is 7.11 Å². The third kappa shape index (κ3) is 3.35. The molecule has 0 radical (unpaired) electrons. The number of esters is 1. The summed E-state index contributed by atoms with van der Waals surface area (Å²) in [5.41, 5.74) is 1.97. The van der Waals surface area contributed by atoms with Crippen molar-refractivity contribution < 1.29 is 19.0 Å². The molecule has 0 unspecified atom stereocenters. The molecule has 6 heteroatoms. The molecule has 0 bridgehead atoms. The van der Waals surface area contributed by atoms with Crippen LogP contribution in [0.3, 0.4) is 0 Å². The summed E-state index contributed by atoms with van der Waals surface area (Å²) in [6.07, 6.45) is 1.58. The lowest BCUT2D eigenvalue weighted by Crippen LogP contribution is -2.06. The van der Waals surface area contributed by atoms with Crippen LogP contribution in [0.15, 0.2) is 53.2 Å². The van der Waals surface area contributed by atoms with Crippen LogP contribution in [0.2, 0.25) is 0 Å². The van der Waals surface area contributed by atoms with Crippen molar-refractivity contribution >= 4 is 17.9 Å². The molecular weight excluding hydrogens is 320 g/mol. The van der Waals surface area contributed by atoms with E-state index in [2.05, 4.69) is 11.1 Å². The molecule has 0 spiro atoms. The molecular formula is C19H14N2O4. The normalized spacial score (nSPS) is 14.7. The molecule has 3 rings (SSSR count). The first-order chi connectivity index (χ1) is 12.1. The van der Waals surface area contributed by atoms with Gasteiger partial charge in [0.2, 0.25) is 5.90 Å². The Bertz CT molecular complexity index is 939. The fourth-order valence-corrected chi connectivity index (χ4v) is 2.36. The highest BCUT2D eigenvalue weighted by atomic mass is 16.6. The summed E-state index contributed by atoms with van der Waals surface area (Å²) < 4.78 is 15.7. The first kappa shape index (κ1) is 16.3. The zero-order valence-electron chi connectivity index (χ0n) is 13.6. The van der Waals surface area contributed by atoms with E-state index in [9.17, 15) is 4.79 Å². The second kappa shape index (κ2) is 6.89. The monoisotopic (exact) mass is 334 g/mol. The Morgan fingerprint density at radius 1 is 1.12 bits per heavy atom. The Hall–Kier alpha value is -3.59. The lowest BCUT2D eigenvalue weighted by atomic mass is 10.1. The second-order valence-corrected chi connectivity index (χ2v) is 5.14. The average molecular weight is 334 g/mol. The van der Waals surface area contributed by atoms with Crippen LogP contribution < -0.4 is 9.47 Å². The number of carbonyl (C=O) groups is 1. The zero-order chi connectivity index (χ0) is 17.8. The summed E-state index contributed by atoms with van der Waals surface area (Å²) in [5.74, 6) is 0.721. The van der Waals surface area contributed by atoms with Crippen LogP contribution in [-0.4, -0.2) is 26.1 Å². The van der Waals surface area contributed by atoms with Gasteiger partial charge < -0.3 is 14.2 Å². The molecule has 124 valence electrons. The molecule has 0 fully saturated rings. The third-order valence-corrected chi connectivity index (χ3v) is 3.57. The first-order valence-electron chi connectivity index (χ1n) is 7.39. The summed E-state index contributed by atoms with van der Waals surface area (Å²) in [4.78, 5) is 16.3. The van der Waals surface area contributed by atoms with E-state index in [0.717, 1.165) is 0 Å². The molecule has 0 atom stereocenters. The van der Waals surface area contributed by atoms with E-state index in [1.54, 1.807) is 55.7 Å². The smallest absolute Gasteiger partial charge is 0.363 e. The van der Waals surface area contributed by atoms with Crippen LogP contribution in [0.4, 0.5) is 0 Å². The Morgan fingerprint density at radius 3 is 2.64 bits per heavy atom. The standard InChI is InChI=1S/C19H14N2O4/c1-23-16-7-6-14(10-17(16)24-2)18-21-15(19(22)25-18)9-12-4-3-5-13(8-12)11-20/h3-10H,1-2H3/b15-9-. The van der Waals surface area contributed by atoms with Crippen LogP contribution in [0.1, 0.15) is 16.7 Å². The fraction of sp³-hybridized carbons (Fsp3) is 0.105. The maximum Gasteiger partial charge on any atom is 0.363 e. The van der Waals surface area contributed by atoms with Gasteiger partial charge in [0.1, 0.15) is 0 Å². The molecule has 0 saturated heterocycles. The number of methoxy groups -OCH3 is 2. The number of hydrogen-bond acceptors (Lipinski definition) is 6. The second-order valence-electron chi connectivity index (χ2n) is 5.14. The summed E-state index contributed by atoms with van der Waals surface area (Å²) in [7, 11) is 3.07. The van der Waals surface area contributed by atoms with E-state index < -0.39 is 5.97 Å². The van der Waals surface area contributed by atoms with Gasteiger partial charge in [0.05, 0.1) is 25.9 Å². The molecule has 6 nitrogen and oxygen atoms in total. The quantitative estimate of drug-likeness (QED) is 0.634. The highest BCUT2D eigenvalue weighted by molar-refractivity contribution is 6.13. The van der Waals surface area contributed by atoms with E-state index in [0.29, 0.717) is 28.2 Å². The third-order valence-electron chi connectivity index (χ3n) is 3.57. The number of rotatable bonds is 4. The van der Waals surface area contributed by atoms with Crippen molar-refractivity contribution in [1.29, 1.82) is 5.26 Å². The van der Waals surface area contributed by atoms with Gasteiger partial charge in [-0.15, -0.1) is 0 Å². The minimum Gasteiger partial charge on any atom is -0.493 e. The topological polar surface area (TPSA) is 80.9 Å². The molecule has 0 aliphatic carbocycles. The molecule has 1 aliphatic heterocycles. The van der Waals surface area contributed by atoms with Crippen LogP contribution in [0.25, 0.3) is 6.08 Å². The molecule has 0 amide bonds. The summed E-state index contributed by atoms with van der Waals surface area (Å²) in [6.45, 7) is 0. The lowest BCUT2D eigenvalue weighted by Gasteiger charge is -2.08. The molecule has 1 aliphatic rings. The van der Waals surface area contributed by atoms with Gasteiger partial charge in [-0.25, -0.2) is 9.79 Å². The van der Waals surface area contributed by atoms with Crippen LogP contribution in [0.5, 0.6) is 11.5 Å². The molecule has 2 aromatic carbocycles. The van der Waals surface area contributed by atoms with Crippen molar-refractivity contribution in [2.45, 2.75) is 0 Å². The lowest BCUT2D eigenvalue weighted by molar-refractivity contribution is -0.129. The Labute approximate surface area is 144 Å². The Morgan fingerprint density at radius 2 is 1.92 bits per heavy atom. The number of hydrogen-bond donors (Lipinski definition) is 0. The summed E-state index contributed by atoms with van der Waals surface area (Å²) >= 11 is 0. The van der Waals surface area contributed by atoms with Gasteiger partial charge in [0.25, 0.3) is 0 Å². The summed E-state index contributed by atoms with van der Waals surface area (Å²) in [5, 5.41) is 8.95. The minimum atomic E-state index is -0.549. The average Bonchev–Trinajstić information content (AvgIpc) is 3.01. The van der Waals surface area contributed by atoms with Gasteiger partial charge in [-0.05, 0) is 42.0 Å². The zero-order valence-corrected chi connectivity index (χ0v) is 13.6. The first-order valence-corrected chi connectivity index (χ1v) is 7.39. The van der Waals surface area contributed by atoms with Gasteiger partial charge >= 0.3 is 5.97 Å². The van der Waals surface area contributed by atoms with Crippen molar-refractivity contribution in [2.24, 2.45) is 4.99 Å². The van der Waals surface area contributed by atoms with E-state index in [1.807, 2.05) is 0 Å². The molecule has 0 saturated carbocycles. The summed E-state index contributed by atoms with van der Waals surface area (Å²) in [6, 6.07) is 14.1. The van der Waals surface area contributed by atoms with Crippen LogP contribution in [0, 0.1) is 11.3 Å². The Kier molecular flexibility index (Phi) is 4.48. The molecule has 1 heterocycles. The highest BCUT2D eigenvalue weighted by Gasteiger charge is 2.25. The molecule has 0 N–H and O–H groups in total. The van der Waals surface area contributed by atoms with Gasteiger partial charge in [-0.3, -0.25) is 0 Å². The predicted octanol–water partition coefficient (Wildman–Crippen LogP) is 2.92. The van der Waals surface area contributed by atoms with E-state index in [4.69, 9.17) is 19.5 Å². The van der Waals surface area contributed by atoms with Crippen LogP contribution >= 0.6 is 0 Å². The van der Waals surface area contributed by atoms with Crippen molar-refractivity contribution in [1.82, 2.24) is 0 Å². The van der Waals surface area contributed by atoms with Crippen LogP contribution in [-0.2, 0) is 9.53 Å². The number of cyclic esters (lactones) is 1. The largest absolute Gasteiger partial charge is 0.493 e. The van der Waals surface area contributed by atoms with Gasteiger partial charge in [0.15, 0.2) is 17.2 Å². The molecule has 25 heavy (non-hydrogen) atoms. The number of aliphatic imine (C=N–C) groups is 1. The van der Waals surface area contributed by atoms with Crippen molar-refractivity contribution in [2.75, 3.05) is 14.2 Å². The van der Waals surface area contributed by atoms with Gasteiger partial charge in [-0.2, -0.15) is 5.26 Å².